The predicted molar refractivity (Wildman–Crippen MR) is 43.0 cm³/mol. The summed E-state index contributed by atoms with van der Waals surface area (Å²) < 4.78 is 24.3. The average Bonchev–Trinajstić information content (AvgIpc) is 2.06. The summed E-state index contributed by atoms with van der Waals surface area (Å²) in [6.07, 6.45) is 0. The molecule has 0 fully saturated rings. The highest BCUT2D eigenvalue weighted by molar-refractivity contribution is 6.35. The molecule has 0 atom stereocenters. The van der Waals surface area contributed by atoms with E-state index in [4.69, 9.17) is 4.74 Å². The molecule has 11 heavy (non-hydrogen) atoms. The van der Waals surface area contributed by atoms with Gasteiger partial charge in [-0.2, -0.15) is 0 Å². The fourth-order valence-corrected chi connectivity index (χ4v) is 0.300. The Hall–Kier alpha value is -0.125. The van der Waals surface area contributed by atoms with Crippen LogP contribution in [0.5, 0.6) is 0 Å². The normalized spacial score (nSPS) is 8.45. The van der Waals surface area contributed by atoms with E-state index in [0.29, 0.717) is 0 Å². The topological polar surface area (TPSA) is 27.7 Å². The minimum atomic E-state index is -1.56. The molecule has 0 aliphatic rings. The summed E-state index contributed by atoms with van der Waals surface area (Å²) in [5.41, 5.74) is 0. The third kappa shape index (κ3) is 17.7. The van der Waals surface area contributed by atoms with Crippen molar-refractivity contribution in [3.63, 3.8) is 0 Å². The van der Waals surface area contributed by atoms with Crippen LogP contribution in [0.1, 0.15) is 13.8 Å². The van der Waals surface area contributed by atoms with Crippen molar-refractivity contribution >= 4 is 7.40 Å². The summed E-state index contributed by atoms with van der Waals surface area (Å²) >= 11 is 0. The minimum Gasteiger partial charge on any atom is -0.385 e. The van der Waals surface area contributed by atoms with Gasteiger partial charge in [0.2, 0.25) is 0 Å². The SMILES string of the molecule is CCOCC.COB(F)OC. The number of halogens is 1. The fourth-order valence-electron chi connectivity index (χ4n) is 0.300. The molecule has 0 spiro atoms. The molecule has 3 nitrogen and oxygen atoms in total. The van der Waals surface area contributed by atoms with Crippen molar-refractivity contribution in [1.29, 1.82) is 0 Å². The van der Waals surface area contributed by atoms with E-state index in [1.54, 1.807) is 0 Å². The molecule has 0 N–H and O–H groups in total. The third-order valence-electron chi connectivity index (χ3n) is 0.779. The van der Waals surface area contributed by atoms with Crippen LogP contribution in [0.4, 0.5) is 4.32 Å². The first-order valence-electron chi connectivity index (χ1n) is 3.50. The molecule has 0 rings (SSSR count). The lowest BCUT2D eigenvalue weighted by atomic mass is 10.3. The molecule has 0 heterocycles. The number of hydrogen-bond donors (Lipinski definition) is 0. The summed E-state index contributed by atoms with van der Waals surface area (Å²) in [4.78, 5) is 0. The second kappa shape index (κ2) is 12.5. The Morgan fingerprint density at radius 2 is 1.45 bits per heavy atom. The molecule has 0 aliphatic heterocycles. The van der Waals surface area contributed by atoms with Crippen LogP contribution < -0.4 is 0 Å². The number of rotatable bonds is 4. The Morgan fingerprint density at radius 1 is 1.09 bits per heavy atom. The summed E-state index contributed by atoms with van der Waals surface area (Å²) in [6.45, 7) is 5.67. The van der Waals surface area contributed by atoms with E-state index < -0.39 is 7.40 Å². The molecule has 0 aliphatic carbocycles. The molecule has 0 saturated heterocycles. The molecule has 0 saturated carbocycles. The van der Waals surface area contributed by atoms with E-state index in [9.17, 15) is 4.32 Å². The first-order valence-corrected chi connectivity index (χ1v) is 3.50. The van der Waals surface area contributed by atoms with Crippen LogP contribution in [0, 0.1) is 0 Å². The molecule has 0 bridgehead atoms. The molecule has 0 aromatic rings. The van der Waals surface area contributed by atoms with Gasteiger partial charge in [-0.25, -0.2) is 0 Å². The van der Waals surface area contributed by atoms with Crippen LogP contribution in [0.3, 0.4) is 0 Å². The van der Waals surface area contributed by atoms with Crippen LogP contribution in [0.15, 0.2) is 0 Å². The first-order chi connectivity index (χ1) is 5.22. The lowest BCUT2D eigenvalue weighted by Crippen LogP contribution is -2.10. The predicted octanol–water partition coefficient (Wildman–Crippen LogP) is 1.28. The lowest BCUT2D eigenvalue weighted by molar-refractivity contribution is 0.162. The van der Waals surface area contributed by atoms with Gasteiger partial charge in [-0.1, -0.05) is 0 Å². The van der Waals surface area contributed by atoms with Gasteiger partial charge in [0.25, 0.3) is 0 Å². The Balaban J connectivity index is 0. The maximum Gasteiger partial charge on any atom is 0.679 e. The molecule has 68 valence electrons. The second-order valence-corrected chi connectivity index (χ2v) is 1.53. The number of hydrogen-bond acceptors (Lipinski definition) is 3. The average molecular weight is 166 g/mol. The van der Waals surface area contributed by atoms with Crippen molar-refractivity contribution < 1.29 is 18.4 Å². The highest BCUT2D eigenvalue weighted by Gasteiger charge is 2.10. The summed E-state index contributed by atoms with van der Waals surface area (Å²) in [5, 5.41) is 0. The van der Waals surface area contributed by atoms with Crippen LogP contribution in [-0.2, 0) is 14.0 Å². The Bertz CT molecular complexity index is 59.8. The smallest absolute Gasteiger partial charge is 0.385 e. The fraction of sp³-hybridized carbons (Fsp3) is 1.00. The highest BCUT2D eigenvalue weighted by atomic mass is 19.1. The minimum absolute atomic E-state index is 0.844. The van der Waals surface area contributed by atoms with Gasteiger partial charge < -0.3 is 14.0 Å². The monoisotopic (exact) mass is 166 g/mol. The molecular weight excluding hydrogens is 150 g/mol. The molecular formula is C6H16BFO3. The van der Waals surface area contributed by atoms with E-state index in [1.807, 2.05) is 13.8 Å². The van der Waals surface area contributed by atoms with Crippen LogP contribution in [0.2, 0.25) is 0 Å². The van der Waals surface area contributed by atoms with Gasteiger partial charge in [-0.05, 0) is 13.8 Å². The Morgan fingerprint density at radius 3 is 1.45 bits per heavy atom. The summed E-state index contributed by atoms with van der Waals surface area (Å²) in [7, 11) is 0.896. The van der Waals surface area contributed by atoms with Gasteiger partial charge in [-0.3, -0.25) is 4.32 Å². The zero-order valence-electron chi connectivity index (χ0n) is 7.59. The first kappa shape index (κ1) is 13.5. The van der Waals surface area contributed by atoms with Crippen molar-refractivity contribution in [3.05, 3.63) is 0 Å². The van der Waals surface area contributed by atoms with Crippen LogP contribution >= 0.6 is 0 Å². The van der Waals surface area contributed by atoms with Gasteiger partial charge in [0, 0.05) is 27.4 Å². The van der Waals surface area contributed by atoms with Gasteiger partial charge in [0.05, 0.1) is 0 Å². The van der Waals surface area contributed by atoms with Gasteiger partial charge in [-0.15, -0.1) is 0 Å². The molecule has 0 unspecified atom stereocenters. The molecule has 5 heteroatoms. The summed E-state index contributed by atoms with van der Waals surface area (Å²) in [6, 6.07) is 0. The third-order valence-corrected chi connectivity index (χ3v) is 0.779. The zero-order valence-corrected chi connectivity index (χ0v) is 7.59. The van der Waals surface area contributed by atoms with Gasteiger partial charge >= 0.3 is 7.40 Å². The van der Waals surface area contributed by atoms with Crippen molar-refractivity contribution in [2.75, 3.05) is 27.4 Å². The van der Waals surface area contributed by atoms with Crippen LogP contribution in [0.25, 0.3) is 0 Å². The maximum atomic E-state index is 11.4. The largest absolute Gasteiger partial charge is 0.679 e. The van der Waals surface area contributed by atoms with E-state index in [1.165, 1.54) is 14.2 Å². The Labute approximate surface area is 68.0 Å². The molecule has 0 radical (unpaired) electrons. The highest BCUT2D eigenvalue weighted by Crippen LogP contribution is 1.80. The molecule has 0 amide bonds. The molecule has 0 aromatic heterocycles. The van der Waals surface area contributed by atoms with E-state index in [-0.39, 0.29) is 0 Å². The second-order valence-electron chi connectivity index (χ2n) is 1.53. The number of ether oxygens (including phenoxy) is 1. The van der Waals surface area contributed by atoms with Gasteiger partial charge in [0.1, 0.15) is 0 Å². The van der Waals surface area contributed by atoms with Crippen molar-refractivity contribution in [2.45, 2.75) is 13.8 Å². The summed E-state index contributed by atoms with van der Waals surface area (Å²) in [5.74, 6) is 0. The Kier molecular flexibility index (Phi) is 15.4. The van der Waals surface area contributed by atoms with E-state index in [2.05, 4.69) is 9.31 Å². The maximum absolute atomic E-state index is 11.4. The van der Waals surface area contributed by atoms with E-state index >= 15 is 0 Å². The van der Waals surface area contributed by atoms with Crippen molar-refractivity contribution in [1.82, 2.24) is 0 Å². The van der Waals surface area contributed by atoms with Crippen LogP contribution in [-0.4, -0.2) is 34.8 Å². The van der Waals surface area contributed by atoms with Crippen molar-refractivity contribution in [2.24, 2.45) is 0 Å². The lowest BCUT2D eigenvalue weighted by Gasteiger charge is -1.91. The van der Waals surface area contributed by atoms with Gasteiger partial charge in [0.15, 0.2) is 0 Å². The van der Waals surface area contributed by atoms with Crippen molar-refractivity contribution in [3.8, 4) is 0 Å². The standard InChI is InChI=1S/C4H10O.C2H6BFO2/c1-3-5-4-2;1-5-3(4)6-2/h3-4H2,1-2H3;1-2H3. The quantitative estimate of drug-likeness (QED) is 0.588. The van der Waals surface area contributed by atoms with E-state index in [0.717, 1.165) is 13.2 Å². The zero-order chi connectivity index (χ0) is 9.11. The molecule has 0 aromatic carbocycles.